The van der Waals surface area contributed by atoms with Crippen LogP contribution in [0.2, 0.25) is 0 Å². The van der Waals surface area contributed by atoms with E-state index in [0.29, 0.717) is 17.5 Å². The van der Waals surface area contributed by atoms with Gasteiger partial charge >= 0.3 is 0 Å². The molecule has 0 heterocycles. The van der Waals surface area contributed by atoms with Crippen LogP contribution >= 0.6 is 0 Å². The Morgan fingerprint density at radius 2 is 2.13 bits per heavy atom. The highest BCUT2D eigenvalue weighted by molar-refractivity contribution is 6.02. The number of carbonyl (C=O) groups is 1. The molecule has 3 heteroatoms. The monoisotopic (exact) mass is 210 g/mol. The van der Waals surface area contributed by atoms with Gasteiger partial charge < -0.3 is 5.11 Å². The summed E-state index contributed by atoms with van der Waals surface area (Å²) in [6, 6.07) is 4.10. The highest BCUT2D eigenvalue weighted by Crippen LogP contribution is 2.18. The summed E-state index contributed by atoms with van der Waals surface area (Å²) in [6.45, 7) is 4.79. The molecule has 1 N–H and O–H groups in total. The summed E-state index contributed by atoms with van der Waals surface area (Å²) in [5.41, 5.74) is -0.613. The second-order valence-electron chi connectivity index (χ2n) is 3.92. The minimum absolute atomic E-state index is 0.336. The maximum absolute atomic E-state index is 13.0. The van der Waals surface area contributed by atoms with Crippen LogP contribution in [0.4, 0.5) is 4.39 Å². The lowest BCUT2D eigenvalue weighted by Gasteiger charge is -2.19. The highest BCUT2D eigenvalue weighted by Gasteiger charge is 2.29. The Morgan fingerprint density at radius 1 is 1.53 bits per heavy atom. The van der Waals surface area contributed by atoms with E-state index in [1.807, 2.05) is 0 Å². The van der Waals surface area contributed by atoms with Gasteiger partial charge in [0.25, 0.3) is 0 Å². The van der Waals surface area contributed by atoms with Crippen LogP contribution in [-0.2, 0) is 0 Å². The topological polar surface area (TPSA) is 37.3 Å². The molecular formula is C12H15FO2. The second kappa shape index (κ2) is 4.11. The summed E-state index contributed by atoms with van der Waals surface area (Å²) >= 11 is 0. The number of ketones is 1. The molecule has 0 aliphatic carbocycles. The normalized spacial score (nSPS) is 14.7. The average Bonchev–Trinajstić information content (AvgIpc) is 2.21. The van der Waals surface area contributed by atoms with Crippen LogP contribution in [0.1, 0.15) is 36.2 Å². The number of hydrogen-bond acceptors (Lipinski definition) is 2. The molecule has 1 rings (SSSR count). The van der Waals surface area contributed by atoms with Crippen LogP contribution in [0.15, 0.2) is 18.2 Å². The number of carbonyl (C=O) groups excluding carboxylic acids is 1. The zero-order valence-corrected chi connectivity index (χ0v) is 9.17. The molecule has 1 unspecified atom stereocenters. The third-order valence-electron chi connectivity index (χ3n) is 2.60. The van der Waals surface area contributed by atoms with E-state index in [2.05, 4.69) is 0 Å². The van der Waals surface area contributed by atoms with Crippen LogP contribution in [0.3, 0.4) is 0 Å². The zero-order chi connectivity index (χ0) is 11.6. The largest absolute Gasteiger partial charge is 0.382 e. The van der Waals surface area contributed by atoms with Gasteiger partial charge in [-0.05, 0) is 44.0 Å². The molecule has 0 aliphatic heterocycles. The zero-order valence-electron chi connectivity index (χ0n) is 9.17. The fraction of sp³-hybridized carbons (Fsp3) is 0.417. The molecule has 0 bridgehead atoms. The highest BCUT2D eigenvalue weighted by atomic mass is 19.1. The predicted molar refractivity (Wildman–Crippen MR) is 56.4 cm³/mol. The lowest BCUT2D eigenvalue weighted by atomic mass is 9.92. The Balaban J connectivity index is 3.08. The number of benzene rings is 1. The minimum atomic E-state index is -1.37. The molecule has 0 aliphatic rings. The third kappa shape index (κ3) is 2.42. The Hall–Kier alpha value is -1.22. The first kappa shape index (κ1) is 11.9. The molecule has 0 saturated carbocycles. The van der Waals surface area contributed by atoms with Crippen molar-refractivity contribution in [2.75, 3.05) is 0 Å². The Morgan fingerprint density at radius 3 is 2.60 bits per heavy atom. The van der Waals surface area contributed by atoms with Gasteiger partial charge in [0.15, 0.2) is 5.78 Å². The second-order valence-corrected chi connectivity index (χ2v) is 3.92. The van der Waals surface area contributed by atoms with Gasteiger partial charge in [-0.15, -0.1) is 0 Å². The van der Waals surface area contributed by atoms with Crippen molar-refractivity contribution in [3.63, 3.8) is 0 Å². The fourth-order valence-corrected chi connectivity index (χ4v) is 1.26. The molecule has 0 spiro atoms. The van der Waals surface area contributed by atoms with E-state index in [0.717, 1.165) is 0 Å². The first-order chi connectivity index (χ1) is 6.88. The van der Waals surface area contributed by atoms with E-state index in [4.69, 9.17) is 0 Å². The maximum Gasteiger partial charge on any atom is 0.194 e. The Labute approximate surface area is 88.7 Å². The molecule has 15 heavy (non-hydrogen) atoms. The molecule has 0 aromatic heterocycles. The van der Waals surface area contributed by atoms with E-state index in [9.17, 15) is 14.3 Å². The fourth-order valence-electron chi connectivity index (χ4n) is 1.26. The van der Waals surface area contributed by atoms with Crippen molar-refractivity contribution < 1.29 is 14.3 Å². The smallest absolute Gasteiger partial charge is 0.194 e. The summed E-state index contributed by atoms with van der Waals surface area (Å²) in [4.78, 5) is 11.8. The van der Waals surface area contributed by atoms with Gasteiger partial charge in [0.1, 0.15) is 11.4 Å². The van der Waals surface area contributed by atoms with Gasteiger partial charge in [0, 0.05) is 5.56 Å². The van der Waals surface area contributed by atoms with Gasteiger partial charge in [0.2, 0.25) is 0 Å². The first-order valence-electron chi connectivity index (χ1n) is 4.92. The number of Topliss-reactive ketones (excluding diaryl/α,β-unsaturated/α-hetero) is 1. The summed E-state index contributed by atoms with van der Waals surface area (Å²) in [7, 11) is 0. The Bertz CT molecular complexity index is 383. The molecule has 1 aromatic carbocycles. The van der Waals surface area contributed by atoms with Gasteiger partial charge in [-0.2, -0.15) is 0 Å². The quantitative estimate of drug-likeness (QED) is 0.778. The molecule has 1 atom stereocenters. The van der Waals surface area contributed by atoms with E-state index >= 15 is 0 Å². The van der Waals surface area contributed by atoms with E-state index in [1.54, 1.807) is 13.8 Å². The van der Waals surface area contributed by atoms with Crippen molar-refractivity contribution in [1.29, 1.82) is 0 Å². The number of aryl methyl sites for hydroxylation is 1. The molecule has 82 valence electrons. The van der Waals surface area contributed by atoms with E-state index in [-0.39, 0.29) is 11.6 Å². The summed E-state index contributed by atoms with van der Waals surface area (Å²) < 4.78 is 13.0. The molecule has 1 aromatic rings. The number of halogens is 1. The molecule has 0 amide bonds. The minimum Gasteiger partial charge on any atom is -0.382 e. The van der Waals surface area contributed by atoms with Crippen LogP contribution < -0.4 is 0 Å². The van der Waals surface area contributed by atoms with E-state index in [1.165, 1.54) is 25.1 Å². The van der Waals surface area contributed by atoms with Crippen molar-refractivity contribution in [2.45, 2.75) is 32.8 Å². The van der Waals surface area contributed by atoms with Crippen molar-refractivity contribution >= 4 is 5.78 Å². The lowest BCUT2D eigenvalue weighted by Crippen LogP contribution is -2.34. The van der Waals surface area contributed by atoms with Crippen molar-refractivity contribution in [1.82, 2.24) is 0 Å². The number of aliphatic hydroxyl groups is 1. The van der Waals surface area contributed by atoms with Crippen LogP contribution in [0.5, 0.6) is 0 Å². The molecule has 0 fully saturated rings. The standard InChI is InChI=1S/C12H15FO2/c1-4-12(3,15)11(14)9-5-6-10(13)8(2)7-9/h5-7,15H,4H2,1-3H3. The molecule has 2 nitrogen and oxygen atoms in total. The van der Waals surface area contributed by atoms with Gasteiger partial charge in [-0.3, -0.25) is 4.79 Å². The summed E-state index contributed by atoms with van der Waals surface area (Å²) in [6.07, 6.45) is 0.336. The number of hydrogen-bond donors (Lipinski definition) is 1. The van der Waals surface area contributed by atoms with Crippen molar-refractivity contribution in [3.05, 3.63) is 35.1 Å². The first-order valence-corrected chi connectivity index (χ1v) is 4.92. The van der Waals surface area contributed by atoms with Gasteiger partial charge in [0.05, 0.1) is 0 Å². The van der Waals surface area contributed by atoms with Crippen LogP contribution in [0, 0.1) is 12.7 Å². The molecule has 0 radical (unpaired) electrons. The van der Waals surface area contributed by atoms with Crippen LogP contribution in [-0.4, -0.2) is 16.5 Å². The predicted octanol–water partition coefficient (Wildman–Crippen LogP) is 2.48. The van der Waals surface area contributed by atoms with E-state index < -0.39 is 5.60 Å². The van der Waals surface area contributed by atoms with Crippen LogP contribution in [0.25, 0.3) is 0 Å². The molecule has 0 saturated heterocycles. The lowest BCUT2D eigenvalue weighted by molar-refractivity contribution is 0.0390. The maximum atomic E-state index is 13.0. The van der Waals surface area contributed by atoms with Crippen molar-refractivity contribution in [3.8, 4) is 0 Å². The SMILES string of the molecule is CCC(C)(O)C(=O)c1ccc(F)c(C)c1. The van der Waals surface area contributed by atoms with Gasteiger partial charge in [-0.25, -0.2) is 4.39 Å². The van der Waals surface area contributed by atoms with Crippen molar-refractivity contribution in [2.24, 2.45) is 0 Å². The summed E-state index contributed by atoms with van der Waals surface area (Å²) in [5, 5.41) is 9.76. The number of rotatable bonds is 3. The molecular weight excluding hydrogens is 195 g/mol. The average molecular weight is 210 g/mol. The third-order valence-corrected chi connectivity index (χ3v) is 2.60. The Kier molecular flexibility index (Phi) is 3.25. The van der Waals surface area contributed by atoms with Gasteiger partial charge in [-0.1, -0.05) is 6.92 Å². The summed E-state index contributed by atoms with van der Waals surface area (Å²) in [5.74, 6) is -0.712.